The largest absolute Gasteiger partial charge is 0.356 e. The zero-order chi connectivity index (χ0) is 9.97. The van der Waals surface area contributed by atoms with Gasteiger partial charge in [0.1, 0.15) is 16.7 Å². The Morgan fingerprint density at radius 2 is 2.29 bits per heavy atom. The number of nitrogens with two attached hydrogens (primary N) is 1. The number of likely N-dealkylation sites (N-methyl/N-ethyl adjacent to an activating group) is 1. The van der Waals surface area contributed by atoms with E-state index in [4.69, 9.17) is 5.73 Å². The van der Waals surface area contributed by atoms with Crippen molar-refractivity contribution in [2.24, 2.45) is 5.73 Å². The Labute approximate surface area is 85.6 Å². The lowest BCUT2D eigenvalue weighted by Gasteiger charge is -2.16. The van der Waals surface area contributed by atoms with Crippen LogP contribution in [-0.2, 0) is 0 Å². The second-order valence-electron chi connectivity index (χ2n) is 2.91. The highest BCUT2D eigenvalue weighted by molar-refractivity contribution is 7.16. The summed E-state index contributed by atoms with van der Waals surface area (Å²) in [5.74, 6) is 0.849. The molecule has 0 aliphatic rings. The first kappa shape index (κ1) is 9.29. The summed E-state index contributed by atoms with van der Waals surface area (Å²) >= 11 is 1.52. The van der Waals surface area contributed by atoms with Crippen molar-refractivity contribution in [2.75, 3.05) is 25.0 Å². The fraction of sp³-hybridized carbons (Fsp3) is 0.375. The van der Waals surface area contributed by atoms with Crippen LogP contribution in [0.4, 0.5) is 5.82 Å². The van der Waals surface area contributed by atoms with Gasteiger partial charge in [0.05, 0.1) is 5.51 Å². The first-order chi connectivity index (χ1) is 6.83. The minimum Gasteiger partial charge on any atom is -0.356 e. The van der Waals surface area contributed by atoms with Crippen LogP contribution in [0.15, 0.2) is 11.8 Å². The summed E-state index contributed by atoms with van der Waals surface area (Å²) in [5, 5.41) is 0. The van der Waals surface area contributed by atoms with Gasteiger partial charge >= 0.3 is 0 Å². The van der Waals surface area contributed by atoms with Crippen LogP contribution in [0.25, 0.3) is 10.3 Å². The van der Waals surface area contributed by atoms with E-state index in [-0.39, 0.29) is 0 Å². The van der Waals surface area contributed by atoms with Crippen LogP contribution >= 0.6 is 11.3 Å². The summed E-state index contributed by atoms with van der Waals surface area (Å²) in [4.78, 5) is 15.5. The fourth-order valence-electron chi connectivity index (χ4n) is 1.26. The SMILES string of the molecule is CN(CCN)c1ncnc2scnc12. The van der Waals surface area contributed by atoms with Crippen LogP contribution in [0.2, 0.25) is 0 Å². The fourth-order valence-corrected chi connectivity index (χ4v) is 1.88. The molecule has 5 nitrogen and oxygen atoms in total. The molecule has 2 N–H and O–H groups in total. The van der Waals surface area contributed by atoms with Gasteiger partial charge in [0.25, 0.3) is 0 Å². The summed E-state index contributed by atoms with van der Waals surface area (Å²) in [6.45, 7) is 1.37. The maximum Gasteiger partial charge on any atom is 0.159 e. The quantitative estimate of drug-likeness (QED) is 0.796. The first-order valence-corrected chi connectivity index (χ1v) is 5.16. The molecule has 0 spiro atoms. The summed E-state index contributed by atoms with van der Waals surface area (Å²) in [6.07, 6.45) is 1.56. The predicted octanol–water partition coefficient (Wildman–Crippen LogP) is 0.481. The normalized spacial score (nSPS) is 10.7. The highest BCUT2D eigenvalue weighted by Crippen LogP contribution is 2.22. The van der Waals surface area contributed by atoms with Crippen LogP contribution < -0.4 is 10.6 Å². The zero-order valence-electron chi connectivity index (χ0n) is 7.84. The Bertz CT molecular complexity index is 426. The molecule has 74 valence electrons. The maximum atomic E-state index is 5.48. The molecule has 2 aromatic heterocycles. The molecule has 0 radical (unpaired) electrons. The molecule has 0 fully saturated rings. The number of nitrogens with zero attached hydrogens (tertiary/aromatic N) is 4. The van der Waals surface area contributed by atoms with Gasteiger partial charge < -0.3 is 10.6 Å². The lowest BCUT2D eigenvalue weighted by Crippen LogP contribution is -2.26. The van der Waals surface area contributed by atoms with E-state index < -0.39 is 0 Å². The highest BCUT2D eigenvalue weighted by atomic mass is 32.1. The molecule has 0 aliphatic carbocycles. The number of fused-ring (bicyclic) bond motifs is 1. The molecule has 2 rings (SSSR count). The Balaban J connectivity index is 2.45. The van der Waals surface area contributed by atoms with Crippen LogP contribution in [0.5, 0.6) is 0 Å². The van der Waals surface area contributed by atoms with Gasteiger partial charge in [-0.25, -0.2) is 15.0 Å². The standard InChI is InChI=1S/C8H11N5S/c1-13(3-2-9)7-6-8(11-4-10-7)14-5-12-6/h4-5H,2-3,9H2,1H3. The van der Waals surface area contributed by atoms with E-state index in [1.165, 1.54) is 11.3 Å². The third-order valence-corrected chi connectivity index (χ3v) is 2.67. The average Bonchev–Trinajstić information content (AvgIpc) is 2.65. The number of aromatic nitrogens is 3. The molecule has 0 atom stereocenters. The number of hydrogen-bond donors (Lipinski definition) is 1. The minimum absolute atomic E-state index is 0.603. The van der Waals surface area contributed by atoms with Crippen molar-refractivity contribution in [3.63, 3.8) is 0 Å². The molecule has 0 aromatic carbocycles. The molecular formula is C8H11N5S. The molecule has 0 bridgehead atoms. The monoisotopic (exact) mass is 209 g/mol. The van der Waals surface area contributed by atoms with Gasteiger partial charge in [0, 0.05) is 20.1 Å². The van der Waals surface area contributed by atoms with Gasteiger partial charge in [-0.2, -0.15) is 0 Å². The molecule has 0 saturated carbocycles. The molecule has 2 aromatic rings. The van der Waals surface area contributed by atoms with Crippen LogP contribution in [-0.4, -0.2) is 35.1 Å². The van der Waals surface area contributed by atoms with Crippen LogP contribution in [0.3, 0.4) is 0 Å². The van der Waals surface area contributed by atoms with Crippen molar-refractivity contribution in [3.05, 3.63) is 11.8 Å². The summed E-state index contributed by atoms with van der Waals surface area (Å²) in [7, 11) is 1.95. The number of thiazole rings is 1. The van der Waals surface area contributed by atoms with E-state index in [1.807, 2.05) is 11.9 Å². The molecule has 0 amide bonds. The third-order valence-electron chi connectivity index (χ3n) is 1.94. The number of hydrogen-bond acceptors (Lipinski definition) is 6. The van der Waals surface area contributed by atoms with Gasteiger partial charge in [0.15, 0.2) is 5.82 Å². The molecule has 0 aliphatic heterocycles. The molecule has 0 unspecified atom stereocenters. The van der Waals surface area contributed by atoms with Crippen molar-refractivity contribution < 1.29 is 0 Å². The van der Waals surface area contributed by atoms with Gasteiger partial charge in [-0.05, 0) is 0 Å². The van der Waals surface area contributed by atoms with E-state index in [0.29, 0.717) is 6.54 Å². The third kappa shape index (κ3) is 1.53. The van der Waals surface area contributed by atoms with Gasteiger partial charge in [-0.1, -0.05) is 0 Å². The van der Waals surface area contributed by atoms with E-state index >= 15 is 0 Å². The van der Waals surface area contributed by atoms with Gasteiger partial charge in [-0.15, -0.1) is 11.3 Å². The Morgan fingerprint density at radius 1 is 1.43 bits per heavy atom. The highest BCUT2D eigenvalue weighted by Gasteiger charge is 2.09. The Morgan fingerprint density at radius 3 is 3.07 bits per heavy atom. The second kappa shape index (κ2) is 3.85. The van der Waals surface area contributed by atoms with Gasteiger partial charge in [-0.3, -0.25) is 0 Å². The van der Waals surface area contributed by atoms with E-state index in [0.717, 1.165) is 22.7 Å². The van der Waals surface area contributed by atoms with E-state index in [1.54, 1.807) is 11.8 Å². The zero-order valence-corrected chi connectivity index (χ0v) is 8.66. The number of anilines is 1. The van der Waals surface area contributed by atoms with Crippen molar-refractivity contribution in [2.45, 2.75) is 0 Å². The van der Waals surface area contributed by atoms with E-state index in [2.05, 4.69) is 15.0 Å². The number of rotatable bonds is 3. The summed E-state index contributed by atoms with van der Waals surface area (Å²) < 4.78 is 0. The average molecular weight is 209 g/mol. The molecule has 0 saturated heterocycles. The Hall–Kier alpha value is -1.27. The minimum atomic E-state index is 0.603. The van der Waals surface area contributed by atoms with Crippen LogP contribution in [0.1, 0.15) is 0 Å². The smallest absolute Gasteiger partial charge is 0.159 e. The molecular weight excluding hydrogens is 198 g/mol. The maximum absolute atomic E-state index is 5.48. The summed E-state index contributed by atoms with van der Waals surface area (Å²) in [5.41, 5.74) is 8.12. The lowest BCUT2D eigenvalue weighted by molar-refractivity contribution is 0.869. The lowest BCUT2D eigenvalue weighted by atomic mass is 10.4. The summed E-state index contributed by atoms with van der Waals surface area (Å²) in [6, 6.07) is 0. The van der Waals surface area contributed by atoms with Crippen molar-refractivity contribution >= 4 is 27.5 Å². The second-order valence-corrected chi connectivity index (χ2v) is 3.75. The van der Waals surface area contributed by atoms with Crippen molar-refractivity contribution in [1.29, 1.82) is 0 Å². The first-order valence-electron chi connectivity index (χ1n) is 4.28. The van der Waals surface area contributed by atoms with Crippen LogP contribution in [0, 0.1) is 0 Å². The molecule has 14 heavy (non-hydrogen) atoms. The van der Waals surface area contributed by atoms with Gasteiger partial charge in [0.2, 0.25) is 0 Å². The molecule has 6 heteroatoms. The topological polar surface area (TPSA) is 67.9 Å². The van der Waals surface area contributed by atoms with Crippen molar-refractivity contribution in [3.8, 4) is 0 Å². The molecule has 2 heterocycles. The Kier molecular flexibility index (Phi) is 2.55. The predicted molar refractivity (Wildman–Crippen MR) is 57.5 cm³/mol. The van der Waals surface area contributed by atoms with Crippen molar-refractivity contribution in [1.82, 2.24) is 15.0 Å². The van der Waals surface area contributed by atoms with E-state index in [9.17, 15) is 0 Å².